The fourth-order valence-electron chi connectivity index (χ4n) is 1.59. The molecule has 1 aromatic rings. The minimum Gasteiger partial charge on any atom is -0.486 e. The lowest BCUT2D eigenvalue weighted by Crippen LogP contribution is -2.17. The van der Waals surface area contributed by atoms with Crippen LogP contribution in [-0.4, -0.2) is 13.2 Å². The highest BCUT2D eigenvalue weighted by Gasteiger charge is 2.19. The summed E-state index contributed by atoms with van der Waals surface area (Å²) in [6.45, 7) is 3.49. The lowest BCUT2D eigenvalue weighted by atomic mass is 10.1. The Hall–Kier alpha value is -0.780. The van der Waals surface area contributed by atoms with Crippen LogP contribution in [-0.2, 0) is 11.4 Å². The van der Waals surface area contributed by atoms with Gasteiger partial charge in [0.2, 0.25) is 0 Å². The molecule has 0 amide bonds. The van der Waals surface area contributed by atoms with Crippen LogP contribution >= 0.6 is 15.9 Å². The van der Waals surface area contributed by atoms with E-state index < -0.39 is 0 Å². The molecule has 1 aromatic carbocycles. The molecule has 0 aliphatic carbocycles. The van der Waals surface area contributed by atoms with Crippen molar-refractivity contribution in [1.29, 1.82) is 0 Å². The lowest BCUT2D eigenvalue weighted by Gasteiger charge is -2.22. The average molecular weight is 274 g/mol. The van der Waals surface area contributed by atoms with Crippen LogP contribution in [0.3, 0.4) is 0 Å². The lowest BCUT2D eigenvalue weighted by molar-refractivity contribution is 0.122. The van der Waals surface area contributed by atoms with E-state index in [1.165, 1.54) is 0 Å². The van der Waals surface area contributed by atoms with Crippen LogP contribution in [0, 0.1) is 6.92 Å². The van der Waals surface area contributed by atoms with Crippen molar-refractivity contribution in [2.24, 2.45) is 5.90 Å². The van der Waals surface area contributed by atoms with Crippen LogP contribution in [0.1, 0.15) is 11.1 Å². The molecule has 0 saturated heterocycles. The van der Waals surface area contributed by atoms with Gasteiger partial charge in [-0.1, -0.05) is 15.9 Å². The van der Waals surface area contributed by atoms with Gasteiger partial charge in [-0.3, -0.25) is 4.84 Å². The van der Waals surface area contributed by atoms with E-state index in [9.17, 15) is 0 Å². The molecule has 0 spiro atoms. The Morgan fingerprint density at radius 3 is 2.93 bits per heavy atom. The summed E-state index contributed by atoms with van der Waals surface area (Å²) in [5, 5.41) is 0. The van der Waals surface area contributed by atoms with E-state index in [1.54, 1.807) is 0 Å². The third-order valence-electron chi connectivity index (χ3n) is 2.31. The fourth-order valence-corrected chi connectivity index (χ4v) is 2.00. The second kappa shape index (κ2) is 4.38. The van der Waals surface area contributed by atoms with Crippen LogP contribution in [0.15, 0.2) is 10.5 Å². The van der Waals surface area contributed by atoms with Gasteiger partial charge in [0.15, 0.2) is 11.5 Å². The predicted molar refractivity (Wildman–Crippen MR) is 58.8 cm³/mol. The van der Waals surface area contributed by atoms with Crippen LogP contribution < -0.4 is 15.4 Å². The zero-order valence-corrected chi connectivity index (χ0v) is 9.96. The molecule has 0 bridgehead atoms. The van der Waals surface area contributed by atoms with Crippen LogP contribution in [0.2, 0.25) is 0 Å². The normalized spacial score (nSPS) is 14.1. The molecule has 1 heterocycles. The number of hydrogen-bond donors (Lipinski definition) is 1. The van der Waals surface area contributed by atoms with E-state index in [0.29, 0.717) is 19.8 Å². The maximum absolute atomic E-state index is 5.54. The summed E-state index contributed by atoms with van der Waals surface area (Å²) >= 11 is 3.49. The number of ether oxygens (including phenoxy) is 2. The van der Waals surface area contributed by atoms with Gasteiger partial charge in [0, 0.05) is 10.0 Å². The molecular formula is C10H12BrNO3. The number of benzene rings is 1. The van der Waals surface area contributed by atoms with Crippen molar-refractivity contribution in [2.45, 2.75) is 13.5 Å². The standard InChI is InChI=1S/C10H12BrNO3/c1-6-9(11)7(5-15-12)4-8-10(6)14-3-2-13-8/h4H,2-3,5,12H2,1H3. The Morgan fingerprint density at radius 1 is 1.47 bits per heavy atom. The summed E-state index contributed by atoms with van der Waals surface area (Å²) in [4.78, 5) is 4.63. The van der Waals surface area contributed by atoms with Gasteiger partial charge < -0.3 is 9.47 Å². The second-order valence-corrected chi connectivity index (χ2v) is 4.10. The number of halogens is 1. The van der Waals surface area contributed by atoms with Crippen molar-refractivity contribution in [3.8, 4) is 11.5 Å². The van der Waals surface area contributed by atoms with Crippen molar-refractivity contribution in [3.05, 3.63) is 21.7 Å². The highest BCUT2D eigenvalue weighted by molar-refractivity contribution is 9.10. The molecular weight excluding hydrogens is 262 g/mol. The minimum atomic E-state index is 0.345. The minimum absolute atomic E-state index is 0.345. The van der Waals surface area contributed by atoms with Crippen LogP contribution in [0.25, 0.3) is 0 Å². The number of fused-ring (bicyclic) bond motifs is 1. The first-order valence-electron chi connectivity index (χ1n) is 4.63. The van der Waals surface area contributed by atoms with Gasteiger partial charge in [-0.25, -0.2) is 5.90 Å². The first kappa shape index (κ1) is 10.7. The molecule has 5 heteroatoms. The van der Waals surface area contributed by atoms with Crippen LogP contribution in [0.4, 0.5) is 0 Å². The number of hydrogen-bond acceptors (Lipinski definition) is 4. The molecule has 0 aromatic heterocycles. The smallest absolute Gasteiger partial charge is 0.165 e. The van der Waals surface area contributed by atoms with E-state index in [4.69, 9.17) is 15.4 Å². The Balaban J connectivity index is 2.47. The van der Waals surface area contributed by atoms with Gasteiger partial charge in [-0.2, -0.15) is 0 Å². The zero-order chi connectivity index (χ0) is 10.8. The maximum Gasteiger partial charge on any atom is 0.165 e. The molecule has 1 aliphatic heterocycles. The van der Waals surface area contributed by atoms with Crippen molar-refractivity contribution in [2.75, 3.05) is 13.2 Å². The van der Waals surface area contributed by atoms with E-state index in [0.717, 1.165) is 27.1 Å². The third-order valence-corrected chi connectivity index (χ3v) is 3.41. The average Bonchev–Trinajstić information content (AvgIpc) is 2.26. The first-order valence-corrected chi connectivity index (χ1v) is 5.42. The molecule has 0 fully saturated rings. The molecule has 0 atom stereocenters. The van der Waals surface area contributed by atoms with E-state index >= 15 is 0 Å². The zero-order valence-electron chi connectivity index (χ0n) is 8.38. The first-order chi connectivity index (χ1) is 7.24. The van der Waals surface area contributed by atoms with Gasteiger partial charge in [0.25, 0.3) is 0 Å². The molecule has 4 nitrogen and oxygen atoms in total. The molecule has 0 radical (unpaired) electrons. The monoisotopic (exact) mass is 273 g/mol. The maximum atomic E-state index is 5.54. The SMILES string of the molecule is Cc1c(Br)c(CON)cc2c1OCCO2. The molecule has 0 saturated carbocycles. The Kier molecular flexibility index (Phi) is 3.14. The van der Waals surface area contributed by atoms with Gasteiger partial charge in [-0.05, 0) is 18.6 Å². The number of nitrogens with two attached hydrogens (primary N) is 1. The van der Waals surface area contributed by atoms with Gasteiger partial charge in [0.1, 0.15) is 13.2 Å². The molecule has 1 aliphatic rings. The second-order valence-electron chi connectivity index (χ2n) is 3.31. The van der Waals surface area contributed by atoms with E-state index in [1.807, 2.05) is 13.0 Å². The summed E-state index contributed by atoms with van der Waals surface area (Å²) in [5.41, 5.74) is 1.97. The molecule has 15 heavy (non-hydrogen) atoms. The Bertz CT molecular complexity index is 381. The summed E-state index contributed by atoms with van der Waals surface area (Å²) in [7, 11) is 0. The predicted octanol–water partition coefficient (Wildman–Crippen LogP) is 1.92. The quantitative estimate of drug-likeness (QED) is 0.837. The highest BCUT2D eigenvalue weighted by Crippen LogP contribution is 2.40. The summed E-state index contributed by atoms with van der Waals surface area (Å²) in [6.07, 6.45) is 0. The van der Waals surface area contributed by atoms with Crippen molar-refractivity contribution < 1.29 is 14.3 Å². The van der Waals surface area contributed by atoms with Crippen molar-refractivity contribution >= 4 is 15.9 Å². The highest BCUT2D eigenvalue weighted by atomic mass is 79.9. The molecule has 82 valence electrons. The van der Waals surface area contributed by atoms with E-state index in [-0.39, 0.29) is 0 Å². The topological polar surface area (TPSA) is 53.7 Å². The molecule has 2 N–H and O–H groups in total. The number of rotatable bonds is 2. The van der Waals surface area contributed by atoms with Gasteiger partial charge in [0.05, 0.1) is 6.61 Å². The van der Waals surface area contributed by atoms with Gasteiger partial charge in [-0.15, -0.1) is 0 Å². The largest absolute Gasteiger partial charge is 0.486 e. The van der Waals surface area contributed by atoms with Crippen molar-refractivity contribution in [3.63, 3.8) is 0 Å². The molecule has 0 unspecified atom stereocenters. The third kappa shape index (κ3) is 1.95. The fraction of sp³-hybridized carbons (Fsp3) is 0.400. The van der Waals surface area contributed by atoms with E-state index in [2.05, 4.69) is 20.8 Å². The van der Waals surface area contributed by atoms with Crippen LogP contribution in [0.5, 0.6) is 11.5 Å². The summed E-state index contributed by atoms with van der Waals surface area (Å²) in [5.74, 6) is 6.62. The molecule has 2 rings (SSSR count). The van der Waals surface area contributed by atoms with Crippen molar-refractivity contribution in [1.82, 2.24) is 0 Å². The van der Waals surface area contributed by atoms with Gasteiger partial charge >= 0.3 is 0 Å². The summed E-state index contributed by atoms with van der Waals surface area (Å²) in [6, 6.07) is 1.89. The summed E-state index contributed by atoms with van der Waals surface area (Å²) < 4.78 is 12.0. The Labute approximate surface area is 96.4 Å². The Morgan fingerprint density at radius 2 is 2.20 bits per heavy atom.